The van der Waals surface area contributed by atoms with Gasteiger partial charge in [-0.15, -0.1) is 0 Å². The second-order valence-corrected chi connectivity index (χ2v) is 4.71. The average molecular weight is 282 g/mol. The highest BCUT2D eigenvalue weighted by Crippen LogP contribution is 2.16. The fourth-order valence-electron chi connectivity index (χ4n) is 2.14. The van der Waals surface area contributed by atoms with Crippen LogP contribution in [-0.4, -0.2) is 32.1 Å². The Morgan fingerprint density at radius 3 is 2.90 bits per heavy atom. The fraction of sp³-hybridized carbons (Fsp3) is 0.133. The number of pyridine rings is 1. The molecular weight excluding hydrogens is 268 g/mol. The molecule has 1 atom stereocenters. The van der Waals surface area contributed by atoms with Crippen molar-refractivity contribution < 1.29 is 9.90 Å². The molecule has 6 heteroatoms. The molecule has 1 unspecified atom stereocenters. The third-order valence-corrected chi connectivity index (χ3v) is 3.20. The number of carboxylic acid groups (broad SMARTS) is 1. The zero-order valence-electron chi connectivity index (χ0n) is 11.2. The maximum atomic E-state index is 11.4. The molecule has 0 aliphatic rings. The molecule has 1 aromatic carbocycles. The smallest absolute Gasteiger partial charge is 0.326 e. The number of anilines is 1. The van der Waals surface area contributed by atoms with E-state index in [-0.39, 0.29) is 0 Å². The van der Waals surface area contributed by atoms with Crippen molar-refractivity contribution in [2.24, 2.45) is 0 Å². The van der Waals surface area contributed by atoms with Gasteiger partial charge in [0.2, 0.25) is 0 Å². The van der Waals surface area contributed by atoms with Crippen molar-refractivity contribution in [2.75, 3.05) is 5.32 Å². The lowest BCUT2D eigenvalue weighted by Gasteiger charge is -2.14. The summed E-state index contributed by atoms with van der Waals surface area (Å²) in [6.45, 7) is 0. The van der Waals surface area contributed by atoms with Crippen LogP contribution in [0.15, 0.2) is 48.9 Å². The molecule has 0 spiro atoms. The number of carbonyl (C=O) groups is 1. The summed E-state index contributed by atoms with van der Waals surface area (Å²) in [6.07, 6.45) is 3.46. The molecule has 21 heavy (non-hydrogen) atoms. The largest absolute Gasteiger partial charge is 0.480 e. The first-order valence-corrected chi connectivity index (χ1v) is 6.55. The van der Waals surface area contributed by atoms with E-state index < -0.39 is 12.0 Å². The van der Waals surface area contributed by atoms with E-state index in [2.05, 4.69) is 20.3 Å². The van der Waals surface area contributed by atoms with Crippen LogP contribution < -0.4 is 5.32 Å². The molecule has 2 heterocycles. The Morgan fingerprint density at radius 2 is 2.14 bits per heavy atom. The van der Waals surface area contributed by atoms with E-state index in [4.69, 9.17) is 0 Å². The number of para-hydroxylation sites is 1. The number of hydrogen-bond acceptors (Lipinski definition) is 4. The molecule has 3 rings (SSSR count). The maximum absolute atomic E-state index is 11.4. The highest BCUT2D eigenvalue weighted by atomic mass is 16.4. The number of aliphatic carboxylic acids is 1. The first-order valence-electron chi connectivity index (χ1n) is 6.55. The van der Waals surface area contributed by atoms with Crippen LogP contribution in [0.3, 0.4) is 0 Å². The second kappa shape index (κ2) is 5.62. The van der Waals surface area contributed by atoms with Crippen LogP contribution in [0.1, 0.15) is 5.69 Å². The molecular formula is C15H14N4O2. The zero-order chi connectivity index (χ0) is 14.7. The Bertz CT molecular complexity index is 755. The van der Waals surface area contributed by atoms with Crippen LogP contribution in [0.2, 0.25) is 0 Å². The third-order valence-electron chi connectivity index (χ3n) is 3.20. The van der Waals surface area contributed by atoms with E-state index in [1.807, 2.05) is 30.3 Å². The number of nitrogens with one attached hydrogen (secondary N) is 2. The van der Waals surface area contributed by atoms with Crippen LogP contribution in [0.5, 0.6) is 0 Å². The fourth-order valence-corrected chi connectivity index (χ4v) is 2.14. The van der Waals surface area contributed by atoms with E-state index in [0.717, 1.165) is 16.6 Å². The SMILES string of the molecule is O=C(O)C(Cc1cnc[nH]1)Nc1ccc2ccccc2n1. The van der Waals surface area contributed by atoms with Crippen LogP contribution in [-0.2, 0) is 11.2 Å². The van der Waals surface area contributed by atoms with Crippen molar-refractivity contribution in [1.82, 2.24) is 15.0 Å². The van der Waals surface area contributed by atoms with Crippen molar-refractivity contribution in [3.05, 3.63) is 54.6 Å². The summed E-state index contributed by atoms with van der Waals surface area (Å²) in [5, 5.41) is 13.3. The second-order valence-electron chi connectivity index (χ2n) is 4.71. The molecule has 0 radical (unpaired) electrons. The Balaban J connectivity index is 1.82. The molecule has 0 bridgehead atoms. The lowest BCUT2D eigenvalue weighted by molar-refractivity contribution is -0.137. The van der Waals surface area contributed by atoms with Gasteiger partial charge in [-0.05, 0) is 18.2 Å². The topological polar surface area (TPSA) is 90.9 Å². The van der Waals surface area contributed by atoms with Gasteiger partial charge in [0.25, 0.3) is 0 Å². The minimum atomic E-state index is -0.931. The van der Waals surface area contributed by atoms with Crippen molar-refractivity contribution in [1.29, 1.82) is 0 Å². The molecule has 0 aliphatic carbocycles. The van der Waals surface area contributed by atoms with Crippen LogP contribution >= 0.6 is 0 Å². The zero-order valence-corrected chi connectivity index (χ0v) is 11.2. The van der Waals surface area contributed by atoms with Gasteiger partial charge < -0.3 is 15.4 Å². The Morgan fingerprint density at radius 1 is 1.29 bits per heavy atom. The monoisotopic (exact) mass is 282 g/mol. The molecule has 106 valence electrons. The normalized spacial score (nSPS) is 12.2. The Labute approximate surface area is 120 Å². The summed E-state index contributed by atoms with van der Waals surface area (Å²) < 4.78 is 0. The van der Waals surface area contributed by atoms with Gasteiger partial charge in [-0.2, -0.15) is 0 Å². The summed E-state index contributed by atoms with van der Waals surface area (Å²) in [5.41, 5.74) is 1.59. The number of rotatable bonds is 5. The lowest BCUT2D eigenvalue weighted by atomic mass is 10.1. The molecule has 0 saturated carbocycles. The van der Waals surface area contributed by atoms with Gasteiger partial charge in [-0.3, -0.25) is 0 Å². The number of aromatic nitrogens is 3. The highest BCUT2D eigenvalue weighted by Gasteiger charge is 2.19. The summed E-state index contributed by atoms with van der Waals surface area (Å²) in [4.78, 5) is 22.6. The Kier molecular flexibility index (Phi) is 3.51. The van der Waals surface area contributed by atoms with Gasteiger partial charge in [0, 0.05) is 23.7 Å². The van der Waals surface area contributed by atoms with Gasteiger partial charge in [-0.25, -0.2) is 14.8 Å². The number of aromatic amines is 1. The standard InChI is InChI=1S/C15H14N4O2/c20-15(21)13(7-11-8-16-9-17-11)19-14-6-5-10-3-1-2-4-12(10)18-14/h1-6,8-9,13H,7H2,(H,16,17)(H,18,19)(H,20,21). The quantitative estimate of drug-likeness (QED) is 0.666. The molecule has 6 nitrogen and oxygen atoms in total. The molecule has 0 amide bonds. The van der Waals surface area contributed by atoms with Crippen molar-refractivity contribution in [2.45, 2.75) is 12.5 Å². The minimum absolute atomic E-state index is 0.309. The molecule has 3 N–H and O–H groups in total. The third kappa shape index (κ3) is 3.00. The lowest BCUT2D eigenvalue weighted by Crippen LogP contribution is -2.32. The van der Waals surface area contributed by atoms with Gasteiger partial charge in [0.15, 0.2) is 0 Å². The predicted molar refractivity (Wildman–Crippen MR) is 79.1 cm³/mol. The predicted octanol–water partition coefficient (Wildman–Crippen LogP) is 2.07. The Hall–Kier alpha value is -2.89. The molecule has 3 aromatic rings. The van der Waals surface area contributed by atoms with Gasteiger partial charge >= 0.3 is 5.97 Å². The number of H-pyrrole nitrogens is 1. The van der Waals surface area contributed by atoms with Crippen molar-refractivity contribution in [3.63, 3.8) is 0 Å². The van der Waals surface area contributed by atoms with E-state index >= 15 is 0 Å². The number of hydrogen-bond donors (Lipinski definition) is 3. The molecule has 2 aromatic heterocycles. The van der Waals surface area contributed by atoms with Crippen molar-refractivity contribution >= 4 is 22.7 Å². The van der Waals surface area contributed by atoms with E-state index in [1.54, 1.807) is 12.3 Å². The summed E-state index contributed by atoms with van der Waals surface area (Å²) in [5.74, 6) is -0.389. The number of carboxylic acids is 1. The number of nitrogens with zero attached hydrogens (tertiary/aromatic N) is 2. The summed E-state index contributed by atoms with van der Waals surface area (Å²) in [7, 11) is 0. The van der Waals surface area contributed by atoms with Crippen molar-refractivity contribution in [3.8, 4) is 0 Å². The van der Waals surface area contributed by atoms with E-state index in [1.165, 1.54) is 6.33 Å². The van der Waals surface area contributed by atoms with Gasteiger partial charge in [-0.1, -0.05) is 18.2 Å². The number of fused-ring (bicyclic) bond motifs is 1. The van der Waals surface area contributed by atoms with E-state index in [0.29, 0.717) is 12.2 Å². The number of imidazole rings is 1. The average Bonchev–Trinajstić information content (AvgIpc) is 2.99. The number of benzene rings is 1. The first-order chi connectivity index (χ1) is 10.2. The summed E-state index contributed by atoms with van der Waals surface area (Å²) in [6, 6.07) is 10.6. The van der Waals surface area contributed by atoms with Gasteiger partial charge in [0.1, 0.15) is 11.9 Å². The van der Waals surface area contributed by atoms with Crippen LogP contribution in [0.25, 0.3) is 10.9 Å². The minimum Gasteiger partial charge on any atom is -0.480 e. The highest BCUT2D eigenvalue weighted by molar-refractivity contribution is 5.81. The van der Waals surface area contributed by atoms with E-state index in [9.17, 15) is 9.90 Å². The molecule has 0 saturated heterocycles. The first kappa shape index (κ1) is 13.1. The molecule has 0 fully saturated rings. The van der Waals surface area contributed by atoms with Crippen LogP contribution in [0, 0.1) is 0 Å². The summed E-state index contributed by atoms with van der Waals surface area (Å²) >= 11 is 0. The van der Waals surface area contributed by atoms with Crippen LogP contribution in [0.4, 0.5) is 5.82 Å². The maximum Gasteiger partial charge on any atom is 0.326 e. The molecule has 0 aliphatic heterocycles. The van der Waals surface area contributed by atoms with Gasteiger partial charge in [0.05, 0.1) is 11.8 Å².